The van der Waals surface area contributed by atoms with Crippen LogP contribution in [-0.2, 0) is 14.6 Å². The summed E-state index contributed by atoms with van der Waals surface area (Å²) in [6.45, 7) is 6.50. The highest BCUT2D eigenvalue weighted by molar-refractivity contribution is 7.92. The first-order valence-electron chi connectivity index (χ1n) is 5.17. The van der Waals surface area contributed by atoms with Gasteiger partial charge in [-0.05, 0) is 26.2 Å². The molecule has 0 aliphatic carbocycles. The molecule has 92 valence electrons. The van der Waals surface area contributed by atoms with Crippen LogP contribution < -0.4 is 0 Å². The van der Waals surface area contributed by atoms with Crippen LogP contribution in [0.5, 0.6) is 0 Å². The smallest absolute Gasteiger partial charge is 0.170 e. The summed E-state index contributed by atoms with van der Waals surface area (Å²) < 4.78 is 21.5. The Morgan fingerprint density at radius 1 is 1.38 bits per heavy atom. The second-order valence-electron chi connectivity index (χ2n) is 4.96. The van der Waals surface area contributed by atoms with Gasteiger partial charge in [-0.2, -0.15) is 5.26 Å². The summed E-state index contributed by atoms with van der Waals surface area (Å²) in [5.41, 5.74) is 0. The predicted octanol–water partition coefficient (Wildman–Crippen LogP) is 1.56. The van der Waals surface area contributed by atoms with Gasteiger partial charge in [-0.1, -0.05) is 13.8 Å². The van der Waals surface area contributed by atoms with Gasteiger partial charge in [0.05, 0.1) is 6.07 Å². The first kappa shape index (κ1) is 15.1. The molecular formula is C11H19NO3S. The van der Waals surface area contributed by atoms with Crippen molar-refractivity contribution in [2.24, 2.45) is 11.8 Å². The Bertz CT molecular complexity index is 401. The molecule has 16 heavy (non-hydrogen) atoms. The third kappa shape index (κ3) is 3.31. The second kappa shape index (κ2) is 4.96. The molecule has 0 radical (unpaired) electrons. The fourth-order valence-corrected chi connectivity index (χ4v) is 1.80. The SMILES string of the molecule is CC(C)CC(C#N)C(=O)C(C)(C)S(C)(=O)=O. The van der Waals surface area contributed by atoms with Gasteiger partial charge in [0.2, 0.25) is 0 Å². The van der Waals surface area contributed by atoms with Crippen molar-refractivity contribution in [2.45, 2.75) is 38.9 Å². The third-order valence-corrected chi connectivity index (χ3v) is 4.75. The van der Waals surface area contributed by atoms with Gasteiger partial charge in [0, 0.05) is 6.26 Å². The number of nitriles is 1. The lowest BCUT2D eigenvalue weighted by Gasteiger charge is -2.24. The number of rotatable bonds is 5. The van der Waals surface area contributed by atoms with Crippen molar-refractivity contribution in [3.8, 4) is 6.07 Å². The summed E-state index contributed by atoms with van der Waals surface area (Å²) in [5, 5.41) is 8.91. The van der Waals surface area contributed by atoms with E-state index in [-0.39, 0.29) is 5.92 Å². The molecule has 1 atom stereocenters. The Morgan fingerprint density at radius 2 is 1.81 bits per heavy atom. The molecule has 0 aromatic carbocycles. The molecule has 0 bridgehead atoms. The van der Waals surface area contributed by atoms with Gasteiger partial charge in [-0.3, -0.25) is 4.79 Å². The van der Waals surface area contributed by atoms with Gasteiger partial charge >= 0.3 is 0 Å². The van der Waals surface area contributed by atoms with Crippen LogP contribution in [0.2, 0.25) is 0 Å². The van der Waals surface area contributed by atoms with Crippen molar-refractivity contribution in [1.29, 1.82) is 5.26 Å². The maximum absolute atomic E-state index is 12.0. The molecule has 0 saturated carbocycles. The van der Waals surface area contributed by atoms with E-state index in [0.29, 0.717) is 6.42 Å². The molecule has 0 aromatic rings. The van der Waals surface area contributed by atoms with Crippen LogP contribution >= 0.6 is 0 Å². The largest absolute Gasteiger partial charge is 0.296 e. The molecule has 0 amide bonds. The molecular weight excluding hydrogens is 226 g/mol. The summed E-state index contributed by atoms with van der Waals surface area (Å²) >= 11 is 0. The average molecular weight is 245 g/mol. The van der Waals surface area contributed by atoms with E-state index in [2.05, 4.69) is 0 Å². The van der Waals surface area contributed by atoms with Gasteiger partial charge in [-0.15, -0.1) is 0 Å². The summed E-state index contributed by atoms with van der Waals surface area (Å²) in [6.07, 6.45) is 1.42. The standard InChI is InChI=1S/C11H19NO3S/c1-8(2)6-9(7-12)10(13)11(3,4)16(5,14)15/h8-9H,6H2,1-5H3. The summed E-state index contributed by atoms with van der Waals surface area (Å²) in [7, 11) is -3.49. The Morgan fingerprint density at radius 3 is 2.06 bits per heavy atom. The molecule has 1 unspecified atom stereocenters. The lowest BCUT2D eigenvalue weighted by atomic mass is 9.89. The van der Waals surface area contributed by atoms with Crippen LogP contribution in [-0.4, -0.2) is 25.2 Å². The zero-order chi connectivity index (χ0) is 13.1. The van der Waals surface area contributed by atoms with Crippen molar-refractivity contribution in [2.75, 3.05) is 6.26 Å². The minimum atomic E-state index is -3.49. The topological polar surface area (TPSA) is 75.0 Å². The Hall–Kier alpha value is -0.890. The van der Waals surface area contributed by atoms with Crippen molar-refractivity contribution < 1.29 is 13.2 Å². The lowest BCUT2D eigenvalue weighted by molar-refractivity contribution is -0.123. The van der Waals surface area contributed by atoms with Crippen LogP contribution in [0, 0.1) is 23.2 Å². The van der Waals surface area contributed by atoms with Crippen molar-refractivity contribution in [3.63, 3.8) is 0 Å². The van der Waals surface area contributed by atoms with Gasteiger partial charge in [0.15, 0.2) is 15.6 Å². The lowest BCUT2D eigenvalue weighted by Crippen LogP contribution is -2.43. The first-order chi connectivity index (χ1) is 7.04. The van der Waals surface area contributed by atoms with Crippen molar-refractivity contribution in [3.05, 3.63) is 0 Å². The number of Topliss-reactive ketones (excluding diaryl/α,β-unsaturated/α-hetero) is 1. The van der Waals surface area contributed by atoms with E-state index in [1.54, 1.807) is 0 Å². The van der Waals surface area contributed by atoms with Crippen LogP contribution in [0.1, 0.15) is 34.1 Å². The highest BCUT2D eigenvalue weighted by Crippen LogP contribution is 2.24. The number of ketones is 1. The quantitative estimate of drug-likeness (QED) is 0.736. The highest BCUT2D eigenvalue weighted by Gasteiger charge is 2.42. The van der Waals surface area contributed by atoms with E-state index in [1.165, 1.54) is 13.8 Å². The van der Waals surface area contributed by atoms with Crippen molar-refractivity contribution in [1.82, 2.24) is 0 Å². The van der Waals surface area contributed by atoms with E-state index >= 15 is 0 Å². The molecule has 4 nitrogen and oxygen atoms in total. The van der Waals surface area contributed by atoms with Crippen LogP contribution in [0.15, 0.2) is 0 Å². The molecule has 5 heteroatoms. The van der Waals surface area contributed by atoms with E-state index in [4.69, 9.17) is 5.26 Å². The minimum absolute atomic E-state index is 0.184. The fourth-order valence-electron chi connectivity index (χ4n) is 1.29. The zero-order valence-corrected chi connectivity index (χ0v) is 11.3. The molecule has 0 heterocycles. The third-order valence-electron chi connectivity index (χ3n) is 2.70. The molecule has 0 N–H and O–H groups in total. The monoisotopic (exact) mass is 245 g/mol. The second-order valence-corrected chi connectivity index (χ2v) is 7.52. The normalized spacial score (nSPS) is 14.6. The maximum atomic E-state index is 12.0. The molecule has 0 spiro atoms. The molecule has 0 fully saturated rings. The average Bonchev–Trinajstić information content (AvgIpc) is 2.10. The van der Waals surface area contributed by atoms with Crippen LogP contribution in [0.4, 0.5) is 0 Å². The zero-order valence-electron chi connectivity index (χ0n) is 10.4. The minimum Gasteiger partial charge on any atom is -0.296 e. The number of hydrogen-bond acceptors (Lipinski definition) is 4. The summed E-state index contributed by atoms with van der Waals surface area (Å²) in [6, 6.07) is 1.90. The van der Waals surface area contributed by atoms with E-state index in [1.807, 2.05) is 19.9 Å². The number of nitrogens with zero attached hydrogens (tertiary/aromatic N) is 1. The van der Waals surface area contributed by atoms with Crippen molar-refractivity contribution >= 4 is 15.6 Å². The molecule has 0 aromatic heterocycles. The van der Waals surface area contributed by atoms with E-state index in [0.717, 1.165) is 6.26 Å². The predicted molar refractivity (Wildman–Crippen MR) is 62.5 cm³/mol. The Balaban J connectivity index is 5.13. The maximum Gasteiger partial charge on any atom is 0.170 e. The fraction of sp³-hybridized carbons (Fsp3) is 0.818. The molecule has 0 aliphatic rings. The highest BCUT2D eigenvalue weighted by atomic mass is 32.2. The number of hydrogen-bond donors (Lipinski definition) is 0. The van der Waals surface area contributed by atoms with Crippen LogP contribution in [0.25, 0.3) is 0 Å². The van der Waals surface area contributed by atoms with Gasteiger partial charge < -0.3 is 0 Å². The van der Waals surface area contributed by atoms with Gasteiger partial charge in [-0.25, -0.2) is 8.42 Å². The van der Waals surface area contributed by atoms with Gasteiger partial charge in [0.1, 0.15) is 10.7 Å². The molecule has 0 saturated heterocycles. The summed E-state index contributed by atoms with van der Waals surface area (Å²) in [4.78, 5) is 12.0. The Labute approximate surface area is 97.6 Å². The van der Waals surface area contributed by atoms with Gasteiger partial charge in [0.25, 0.3) is 0 Å². The van der Waals surface area contributed by atoms with E-state index in [9.17, 15) is 13.2 Å². The van der Waals surface area contributed by atoms with Crippen LogP contribution in [0.3, 0.4) is 0 Å². The summed E-state index contributed by atoms with van der Waals surface area (Å²) in [5.74, 6) is -1.17. The number of carbonyl (C=O) groups excluding carboxylic acids is 1. The number of carbonyl (C=O) groups is 1. The van der Waals surface area contributed by atoms with E-state index < -0.39 is 26.3 Å². The molecule has 0 rings (SSSR count). The first-order valence-corrected chi connectivity index (χ1v) is 7.06. The number of sulfone groups is 1. The molecule has 0 aliphatic heterocycles. The Kier molecular flexibility index (Phi) is 4.68.